The molecular formula is C18H18BrClN4OS. The van der Waals surface area contributed by atoms with Gasteiger partial charge < -0.3 is 20.9 Å². The van der Waals surface area contributed by atoms with Gasteiger partial charge in [0.15, 0.2) is 5.11 Å². The maximum Gasteiger partial charge on any atom is 0.253 e. The number of piperazine rings is 1. The largest absolute Gasteiger partial charge is 0.376 e. The summed E-state index contributed by atoms with van der Waals surface area (Å²) in [4.78, 5) is 16.7. The van der Waals surface area contributed by atoms with Crippen LogP contribution in [-0.4, -0.2) is 42.1 Å². The molecule has 3 rings (SSSR count). The summed E-state index contributed by atoms with van der Waals surface area (Å²) in [6.07, 6.45) is 0. The van der Waals surface area contributed by atoms with Crippen LogP contribution in [0.5, 0.6) is 0 Å². The van der Waals surface area contributed by atoms with Crippen LogP contribution in [0.2, 0.25) is 5.02 Å². The molecule has 26 heavy (non-hydrogen) atoms. The van der Waals surface area contributed by atoms with Crippen LogP contribution in [0, 0.1) is 0 Å². The van der Waals surface area contributed by atoms with Crippen LogP contribution in [0.4, 0.5) is 11.4 Å². The van der Waals surface area contributed by atoms with Crippen molar-refractivity contribution < 1.29 is 4.79 Å². The van der Waals surface area contributed by atoms with Crippen molar-refractivity contribution in [3.05, 3.63) is 57.5 Å². The minimum atomic E-state index is 0.0396. The van der Waals surface area contributed by atoms with Gasteiger partial charge in [0, 0.05) is 36.2 Å². The van der Waals surface area contributed by atoms with Crippen molar-refractivity contribution in [2.75, 3.05) is 36.4 Å². The van der Waals surface area contributed by atoms with Crippen molar-refractivity contribution in [1.29, 1.82) is 0 Å². The van der Waals surface area contributed by atoms with Crippen molar-refractivity contribution in [2.45, 2.75) is 0 Å². The number of anilines is 2. The van der Waals surface area contributed by atoms with Gasteiger partial charge in [0.2, 0.25) is 0 Å². The van der Waals surface area contributed by atoms with E-state index < -0.39 is 0 Å². The number of nitrogens with zero attached hydrogens (tertiary/aromatic N) is 2. The molecule has 1 amide bonds. The Kier molecular flexibility index (Phi) is 6.01. The molecule has 0 radical (unpaired) electrons. The summed E-state index contributed by atoms with van der Waals surface area (Å²) in [5.41, 5.74) is 7.94. The van der Waals surface area contributed by atoms with E-state index in [0.717, 1.165) is 15.8 Å². The Morgan fingerprint density at radius 2 is 1.77 bits per heavy atom. The lowest BCUT2D eigenvalue weighted by Crippen LogP contribution is -2.49. The molecule has 1 aliphatic rings. The lowest BCUT2D eigenvalue weighted by molar-refractivity contribution is 0.0747. The van der Waals surface area contributed by atoms with Crippen LogP contribution in [0.15, 0.2) is 46.9 Å². The molecule has 0 saturated carbocycles. The topological polar surface area (TPSA) is 61.6 Å². The van der Waals surface area contributed by atoms with Gasteiger partial charge in [-0.1, -0.05) is 33.6 Å². The number of carbonyl (C=O) groups excluding carboxylic acids is 1. The Bertz CT molecular complexity index is 822. The van der Waals surface area contributed by atoms with Crippen molar-refractivity contribution >= 4 is 62.1 Å². The van der Waals surface area contributed by atoms with Crippen LogP contribution in [0.3, 0.4) is 0 Å². The fourth-order valence-corrected chi connectivity index (χ4v) is 3.65. The number of benzene rings is 2. The number of carbonyl (C=O) groups is 1. The zero-order valence-corrected chi connectivity index (χ0v) is 17.1. The van der Waals surface area contributed by atoms with Crippen LogP contribution in [0.25, 0.3) is 0 Å². The molecule has 8 heteroatoms. The molecule has 136 valence electrons. The van der Waals surface area contributed by atoms with Gasteiger partial charge in [0.05, 0.1) is 16.4 Å². The molecular weight excluding hydrogens is 436 g/mol. The van der Waals surface area contributed by atoms with E-state index in [0.29, 0.717) is 36.8 Å². The van der Waals surface area contributed by atoms with Crippen LogP contribution < -0.4 is 16.0 Å². The summed E-state index contributed by atoms with van der Waals surface area (Å²) in [6, 6.07) is 13.0. The molecule has 1 fully saturated rings. The first-order chi connectivity index (χ1) is 12.5. The molecule has 0 aliphatic carbocycles. The predicted octanol–water partition coefficient (Wildman–Crippen LogP) is 3.72. The average Bonchev–Trinajstić information content (AvgIpc) is 2.62. The highest BCUT2D eigenvalue weighted by Gasteiger charge is 2.24. The summed E-state index contributed by atoms with van der Waals surface area (Å²) in [7, 11) is 0. The Morgan fingerprint density at radius 1 is 1.12 bits per heavy atom. The van der Waals surface area contributed by atoms with E-state index in [1.807, 2.05) is 47.4 Å². The van der Waals surface area contributed by atoms with E-state index in [4.69, 9.17) is 29.6 Å². The molecule has 1 aliphatic heterocycles. The quantitative estimate of drug-likeness (QED) is 0.694. The molecule has 0 bridgehead atoms. The second-order valence-corrected chi connectivity index (χ2v) is 7.67. The fourth-order valence-electron chi connectivity index (χ4n) is 2.98. The highest BCUT2D eigenvalue weighted by Crippen LogP contribution is 2.34. The molecule has 0 spiro atoms. The summed E-state index contributed by atoms with van der Waals surface area (Å²) >= 11 is 14.7. The number of nitrogens with two attached hydrogens (primary N) is 1. The normalized spacial score (nSPS) is 14.2. The monoisotopic (exact) mass is 452 g/mol. The number of halogens is 2. The van der Waals surface area contributed by atoms with E-state index in [-0.39, 0.29) is 11.0 Å². The van der Waals surface area contributed by atoms with Crippen molar-refractivity contribution in [3.8, 4) is 0 Å². The van der Waals surface area contributed by atoms with E-state index in [1.165, 1.54) is 0 Å². The van der Waals surface area contributed by atoms with Gasteiger partial charge in [-0.15, -0.1) is 0 Å². The summed E-state index contributed by atoms with van der Waals surface area (Å²) in [6.45, 7) is 2.59. The fraction of sp³-hybridized carbons (Fsp3) is 0.222. The second-order valence-electron chi connectivity index (χ2n) is 5.91. The SMILES string of the molecule is NC(=S)Nc1cccc(Cl)c1N1CCN(C(=O)c2ccc(Br)cc2)CC1. The highest BCUT2D eigenvalue weighted by molar-refractivity contribution is 9.10. The number of thiocarbonyl (C=S) groups is 1. The van der Waals surface area contributed by atoms with Crippen molar-refractivity contribution in [1.82, 2.24) is 4.90 Å². The third-order valence-corrected chi connectivity index (χ3v) is 5.15. The number of para-hydroxylation sites is 1. The van der Waals surface area contributed by atoms with Gasteiger partial charge in [0.25, 0.3) is 5.91 Å². The molecule has 2 aromatic rings. The summed E-state index contributed by atoms with van der Waals surface area (Å²) in [5, 5.41) is 3.79. The Balaban J connectivity index is 1.72. The lowest BCUT2D eigenvalue weighted by atomic mass is 10.1. The predicted molar refractivity (Wildman–Crippen MR) is 114 cm³/mol. The van der Waals surface area contributed by atoms with E-state index >= 15 is 0 Å². The smallest absolute Gasteiger partial charge is 0.253 e. The van der Waals surface area contributed by atoms with E-state index in [1.54, 1.807) is 0 Å². The third-order valence-electron chi connectivity index (χ3n) is 4.22. The molecule has 3 N–H and O–H groups in total. The van der Waals surface area contributed by atoms with E-state index in [2.05, 4.69) is 26.1 Å². The minimum Gasteiger partial charge on any atom is -0.376 e. The van der Waals surface area contributed by atoms with Gasteiger partial charge in [-0.25, -0.2) is 0 Å². The van der Waals surface area contributed by atoms with Gasteiger partial charge in [-0.05, 0) is 48.6 Å². The molecule has 1 saturated heterocycles. The minimum absolute atomic E-state index is 0.0396. The van der Waals surface area contributed by atoms with Crippen LogP contribution in [-0.2, 0) is 0 Å². The molecule has 0 aromatic heterocycles. The molecule has 0 unspecified atom stereocenters. The van der Waals surface area contributed by atoms with Crippen LogP contribution >= 0.6 is 39.7 Å². The zero-order valence-electron chi connectivity index (χ0n) is 13.9. The summed E-state index contributed by atoms with van der Waals surface area (Å²) < 4.78 is 0.954. The lowest BCUT2D eigenvalue weighted by Gasteiger charge is -2.37. The van der Waals surface area contributed by atoms with Crippen LogP contribution in [0.1, 0.15) is 10.4 Å². The third kappa shape index (κ3) is 4.28. The van der Waals surface area contributed by atoms with Gasteiger partial charge >= 0.3 is 0 Å². The van der Waals surface area contributed by atoms with Crippen molar-refractivity contribution in [2.24, 2.45) is 5.73 Å². The Morgan fingerprint density at radius 3 is 2.38 bits per heavy atom. The molecule has 5 nitrogen and oxygen atoms in total. The first-order valence-corrected chi connectivity index (χ1v) is 9.68. The molecule has 1 heterocycles. The Labute approximate surface area is 171 Å². The van der Waals surface area contributed by atoms with Gasteiger partial charge in [0.1, 0.15) is 0 Å². The number of hydrogen-bond donors (Lipinski definition) is 2. The number of hydrogen-bond acceptors (Lipinski definition) is 3. The second kappa shape index (κ2) is 8.24. The molecule has 0 atom stereocenters. The zero-order chi connectivity index (χ0) is 18.7. The standard InChI is InChI=1S/C18H18BrClN4OS/c19-13-6-4-12(5-7-13)17(25)24-10-8-23(9-11-24)16-14(20)2-1-3-15(16)22-18(21)26/h1-7H,8-11H2,(H3,21,22,26). The van der Waals surface area contributed by atoms with Gasteiger partial charge in [-0.3, -0.25) is 4.79 Å². The Hall–Kier alpha value is -1.83. The number of nitrogens with one attached hydrogen (secondary N) is 1. The first-order valence-electron chi connectivity index (χ1n) is 8.10. The average molecular weight is 454 g/mol. The highest BCUT2D eigenvalue weighted by atomic mass is 79.9. The number of rotatable bonds is 3. The summed E-state index contributed by atoms with van der Waals surface area (Å²) in [5.74, 6) is 0.0396. The first kappa shape index (κ1) is 18.9. The maximum atomic E-state index is 12.7. The number of amides is 1. The van der Waals surface area contributed by atoms with Crippen molar-refractivity contribution in [3.63, 3.8) is 0 Å². The molecule has 2 aromatic carbocycles. The van der Waals surface area contributed by atoms with E-state index in [9.17, 15) is 4.79 Å². The maximum absolute atomic E-state index is 12.7. The van der Waals surface area contributed by atoms with Gasteiger partial charge in [-0.2, -0.15) is 0 Å².